The highest BCUT2D eigenvalue weighted by Gasteiger charge is 2.40. The Morgan fingerprint density at radius 3 is 2.57 bits per heavy atom. The lowest BCUT2D eigenvalue weighted by molar-refractivity contribution is -0.136. The van der Waals surface area contributed by atoms with Crippen LogP contribution < -0.4 is 10.6 Å². The molecule has 5 nitrogen and oxygen atoms in total. The fourth-order valence-corrected chi connectivity index (χ4v) is 2.32. The maximum absolute atomic E-state index is 11.9. The second-order valence-corrected chi connectivity index (χ2v) is 5.78. The van der Waals surface area contributed by atoms with E-state index in [1.807, 2.05) is 25.1 Å². The summed E-state index contributed by atoms with van der Waals surface area (Å²) >= 11 is 0. The standard InChI is InChI=1S/C16H22N2O3/c1-3-11-6-4-5-7-13(11)18-15(20)14(19)17-10-16(2,21)12-8-9-12/h4-7,12,21H,3,8-10H2,1-2H3,(H,17,19)(H,18,20)/t16-/m0/s1. The van der Waals surface area contributed by atoms with Crippen molar-refractivity contribution in [1.82, 2.24) is 5.32 Å². The lowest BCUT2D eigenvalue weighted by atomic mass is 10.0. The number of amides is 2. The molecule has 1 aliphatic carbocycles. The summed E-state index contributed by atoms with van der Waals surface area (Å²) < 4.78 is 0. The summed E-state index contributed by atoms with van der Waals surface area (Å²) in [6.07, 6.45) is 2.71. The van der Waals surface area contributed by atoms with Crippen LogP contribution in [0.3, 0.4) is 0 Å². The van der Waals surface area contributed by atoms with Crippen molar-refractivity contribution in [2.75, 3.05) is 11.9 Å². The summed E-state index contributed by atoms with van der Waals surface area (Å²) in [5.41, 5.74) is 0.690. The Morgan fingerprint density at radius 1 is 1.29 bits per heavy atom. The molecule has 0 spiro atoms. The van der Waals surface area contributed by atoms with E-state index in [1.54, 1.807) is 13.0 Å². The van der Waals surface area contributed by atoms with E-state index in [0.717, 1.165) is 24.8 Å². The molecule has 1 fully saturated rings. The van der Waals surface area contributed by atoms with Crippen LogP contribution in [0.4, 0.5) is 5.69 Å². The molecule has 0 unspecified atom stereocenters. The van der Waals surface area contributed by atoms with Crippen molar-refractivity contribution >= 4 is 17.5 Å². The maximum atomic E-state index is 11.9. The molecule has 0 bridgehead atoms. The lowest BCUT2D eigenvalue weighted by Crippen LogP contribution is -2.45. The number of hydrogen-bond donors (Lipinski definition) is 3. The van der Waals surface area contributed by atoms with Crippen molar-refractivity contribution in [2.45, 2.75) is 38.7 Å². The molecule has 1 aliphatic rings. The van der Waals surface area contributed by atoms with Crippen molar-refractivity contribution in [3.05, 3.63) is 29.8 Å². The summed E-state index contributed by atoms with van der Waals surface area (Å²) in [6, 6.07) is 7.38. The van der Waals surface area contributed by atoms with E-state index in [4.69, 9.17) is 0 Å². The van der Waals surface area contributed by atoms with Gasteiger partial charge in [-0.1, -0.05) is 25.1 Å². The fraction of sp³-hybridized carbons (Fsp3) is 0.500. The number of rotatable bonds is 5. The van der Waals surface area contributed by atoms with Gasteiger partial charge < -0.3 is 15.7 Å². The lowest BCUT2D eigenvalue weighted by Gasteiger charge is -2.23. The first-order chi connectivity index (χ1) is 9.94. The van der Waals surface area contributed by atoms with Crippen molar-refractivity contribution in [2.24, 2.45) is 5.92 Å². The van der Waals surface area contributed by atoms with E-state index in [-0.39, 0.29) is 12.5 Å². The van der Waals surface area contributed by atoms with Gasteiger partial charge in [-0.3, -0.25) is 9.59 Å². The van der Waals surface area contributed by atoms with Gasteiger partial charge in [0.1, 0.15) is 0 Å². The summed E-state index contributed by atoms with van der Waals surface area (Å²) in [4.78, 5) is 23.7. The second kappa shape index (κ2) is 6.26. The van der Waals surface area contributed by atoms with Crippen LogP contribution in [-0.4, -0.2) is 29.1 Å². The van der Waals surface area contributed by atoms with Gasteiger partial charge in [-0.25, -0.2) is 0 Å². The molecule has 0 saturated heterocycles. The van der Waals surface area contributed by atoms with Crippen LogP contribution in [0.5, 0.6) is 0 Å². The number of hydrogen-bond acceptors (Lipinski definition) is 3. The van der Waals surface area contributed by atoms with Gasteiger partial charge in [0.25, 0.3) is 0 Å². The minimum Gasteiger partial charge on any atom is -0.388 e. The highest BCUT2D eigenvalue weighted by molar-refractivity contribution is 6.39. The summed E-state index contributed by atoms with van der Waals surface area (Å²) in [7, 11) is 0. The quantitative estimate of drug-likeness (QED) is 0.718. The highest BCUT2D eigenvalue weighted by atomic mass is 16.3. The predicted octanol–water partition coefficient (Wildman–Crippen LogP) is 1.46. The molecule has 114 valence electrons. The molecule has 0 heterocycles. The third-order valence-electron chi connectivity index (χ3n) is 3.92. The van der Waals surface area contributed by atoms with Gasteiger partial charge in [-0.05, 0) is 43.7 Å². The van der Waals surface area contributed by atoms with Crippen molar-refractivity contribution in [1.29, 1.82) is 0 Å². The summed E-state index contributed by atoms with van der Waals surface area (Å²) in [5, 5.41) is 15.2. The monoisotopic (exact) mass is 290 g/mol. The normalized spacial score (nSPS) is 16.9. The smallest absolute Gasteiger partial charge is 0.313 e. The van der Waals surface area contributed by atoms with Gasteiger partial charge in [-0.15, -0.1) is 0 Å². The maximum Gasteiger partial charge on any atom is 0.313 e. The first-order valence-corrected chi connectivity index (χ1v) is 7.33. The molecule has 1 atom stereocenters. The first-order valence-electron chi connectivity index (χ1n) is 7.33. The van der Waals surface area contributed by atoms with E-state index in [9.17, 15) is 14.7 Å². The molecule has 2 amide bonds. The van der Waals surface area contributed by atoms with Crippen LogP contribution in [0.2, 0.25) is 0 Å². The molecule has 21 heavy (non-hydrogen) atoms. The van der Waals surface area contributed by atoms with Crippen LogP contribution in [0, 0.1) is 5.92 Å². The summed E-state index contributed by atoms with van der Waals surface area (Å²) in [5.74, 6) is -1.20. The van der Waals surface area contributed by atoms with E-state index in [1.165, 1.54) is 0 Å². The Bertz CT molecular complexity index is 536. The van der Waals surface area contributed by atoms with Gasteiger partial charge in [-0.2, -0.15) is 0 Å². The van der Waals surface area contributed by atoms with Gasteiger partial charge in [0, 0.05) is 12.2 Å². The van der Waals surface area contributed by atoms with Gasteiger partial charge >= 0.3 is 11.8 Å². The number of anilines is 1. The topological polar surface area (TPSA) is 78.4 Å². The number of para-hydroxylation sites is 1. The molecule has 3 N–H and O–H groups in total. The molecule has 1 aromatic carbocycles. The molecule has 0 aliphatic heterocycles. The molecule has 1 saturated carbocycles. The number of carbonyl (C=O) groups is 2. The Kier molecular flexibility index (Phi) is 4.63. The van der Waals surface area contributed by atoms with E-state index < -0.39 is 17.4 Å². The van der Waals surface area contributed by atoms with Crippen molar-refractivity contribution in [3.63, 3.8) is 0 Å². The van der Waals surface area contributed by atoms with Crippen LogP contribution >= 0.6 is 0 Å². The summed E-state index contributed by atoms with van der Waals surface area (Å²) in [6.45, 7) is 3.77. The van der Waals surface area contributed by atoms with E-state index in [2.05, 4.69) is 10.6 Å². The number of aryl methyl sites for hydroxylation is 1. The third-order valence-corrected chi connectivity index (χ3v) is 3.92. The minimum absolute atomic E-state index is 0.0966. The molecule has 0 radical (unpaired) electrons. The van der Waals surface area contributed by atoms with E-state index >= 15 is 0 Å². The largest absolute Gasteiger partial charge is 0.388 e. The van der Waals surface area contributed by atoms with E-state index in [0.29, 0.717) is 5.69 Å². The predicted molar refractivity (Wildman–Crippen MR) is 80.8 cm³/mol. The second-order valence-electron chi connectivity index (χ2n) is 5.78. The average molecular weight is 290 g/mol. The van der Waals surface area contributed by atoms with Crippen molar-refractivity contribution < 1.29 is 14.7 Å². The number of benzene rings is 1. The van der Waals surface area contributed by atoms with Gasteiger partial charge in [0.15, 0.2) is 0 Å². The number of aliphatic hydroxyl groups is 1. The SMILES string of the molecule is CCc1ccccc1NC(=O)C(=O)NC[C@](C)(O)C1CC1. The number of carbonyl (C=O) groups excluding carboxylic acids is 2. The van der Waals surface area contributed by atoms with Gasteiger partial charge in [0.05, 0.1) is 5.60 Å². The Morgan fingerprint density at radius 2 is 1.95 bits per heavy atom. The Hall–Kier alpha value is -1.88. The first kappa shape index (κ1) is 15.5. The third kappa shape index (κ3) is 4.04. The molecular weight excluding hydrogens is 268 g/mol. The van der Waals surface area contributed by atoms with Crippen LogP contribution in [-0.2, 0) is 16.0 Å². The van der Waals surface area contributed by atoms with Crippen molar-refractivity contribution in [3.8, 4) is 0 Å². The molecule has 2 rings (SSSR count). The molecule has 5 heteroatoms. The zero-order chi connectivity index (χ0) is 15.5. The molecule has 1 aromatic rings. The zero-order valence-electron chi connectivity index (χ0n) is 12.5. The fourth-order valence-electron chi connectivity index (χ4n) is 2.32. The molecule has 0 aromatic heterocycles. The zero-order valence-corrected chi connectivity index (χ0v) is 12.5. The van der Waals surface area contributed by atoms with Crippen LogP contribution in [0.15, 0.2) is 24.3 Å². The van der Waals surface area contributed by atoms with Crippen LogP contribution in [0.25, 0.3) is 0 Å². The highest BCUT2D eigenvalue weighted by Crippen LogP contribution is 2.38. The Balaban J connectivity index is 1.89. The Labute approximate surface area is 124 Å². The number of nitrogens with one attached hydrogen (secondary N) is 2. The average Bonchev–Trinajstić information content (AvgIpc) is 3.30. The van der Waals surface area contributed by atoms with Gasteiger partial charge in [0.2, 0.25) is 0 Å². The van der Waals surface area contributed by atoms with Crippen LogP contribution in [0.1, 0.15) is 32.3 Å². The minimum atomic E-state index is -0.933. The molecular formula is C16H22N2O3.